The number of ketones is 1. The van der Waals surface area contributed by atoms with Crippen molar-refractivity contribution in [3.05, 3.63) is 65.1 Å². The maximum absolute atomic E-state index is 12.5. The number of benzene rings is 1. The van der Waals surface area contributed by atoms with E-state index in [1.807, 2.05) is 30.3 Å². The molecule has 0 fully saturated rings. The molecule has 1 aromatic carbocycles. The van der Waals surface area contributed by atoms with Crippen LogP contribution in [0, 0.1) is 0 Å². The summed E-state index contributed by atoms with van der Waals surface area (Å²) in [4.78, 5) is 19.9. The Morgan fingerprint density at radius 1 is 1.17 bits per heavy atom. The number of pyridine rings is 1. The second-order valence-corrected chi connectivity index (χ2v) is 4.56. The van der Waals surface area contributed by atoms with Crippen molar-refractivity contribution in [2.45, 2.75) is 6.42 Å². The molecule has 4 rings (SSSR count). The van der Waals surface area contributed by atoms with Gasteiger partial charge in [-0.05, 0) is 17.7 Å². The van der Waals surface area contributed by atoms with Crippen LogP contribution in [0.4, 0.5) is 0 Å². The molecule has 86 valence electrons. The summed E-state index contributed by atoms with van der Waals surface area (Å²) in [5.74, 6) is 0.0804. The number of nitrogens with zero attached hydrogens (tertiary/aromatic N) is 1. The molecule has 3 aromatic rings. The molecule has 0 radical (unpaired) electrons. The summed E-state index contributed by atoms with van der Waals surface area (Å²) in [6.45, 7) is 0. The number of rotatable bonds is 0. The van der Waals surface area contributed by atoms with Gasteiger partial charge in [0.25, 0.3) is 0 Å². The predicted octanol–water partition coefficient (Wildman–Crippen LogP) is 2.70. The van der Waals surface area contributed by atoms with Crippen molar-refractivity contribution in [3.8, 4) is 0 Å². The second kappa shape index (κ2) is 3.29. The molecule has 0 amide bonds. The monoisotopic (exact) mass is 234 g/mol. The van der Waals surface area contributed by atoms with Gasteiger partial charge in [0.2, 0.25) is 0 Å². The maximum Gasteiger partial charge on any atom is 0.197 e. The van der Waals surface area contributed by atoms with Gasteiger partial charge in [-0.3, -0.25) is 9.78 Å². The molecule has 3 heteroatoms. The molecule has 0 atom stereocenters. The van der Waals surface area contributed by atoms with Crippen molar-refractivity contribution in [2.75, 3.05) is 0 Å². The summed E-state index contributed by atoms with van der Waals surface area (Å²) in [6, 6.07) is 9.85. The molecule has 0 saturated carbocycles. The number of hydrogen-bond acceptors (Lipinski definition) is 2. The summed E-state index contributed by atoms with van der Waals surface area (Å²) in [7, 11) is 0. The first kappa shape index (κ1) is 9.59. The molecular weight excluding hydrogens is 224 g/mol. The second-order valence-electron chi connectivity index (χ2n) is 4.56. The van der Waals surface area contributed by atoms with E-state index in [9.17, 15) is 4.79 Å². The molecule has 0 saturated heterocycles. The molecule has 18 heavy (non-hydrogen) atoms. The van der Waals surface area contributed by atoms with E-state index in [0.29, 0.717) is 0 Å². The topological polar surface area (TPSA) is 45.8 Å². The summed E-state index contributed by atoms with van der Waals surface area (Å²) in [5, 5.41) is 1.01. The Morgan fingerprint density at radius 2 is 2.06 bits per heavy atom. The van der Waals surface area contributed by atoms with Crippen LogP contribution in [0.25, 0.3) is 10.9 Å². The molecule has 3 nitrogen and oxygen atoms in total. The van der Waals surface area contributed by atoms with Gasteiger partial charge in [0.15, 0.2) is 5.78 Å². The Balaban J connectivity index is 2.06. The number of carbonyl (C=O) groups is 1. The van der Waals surface area contributed by atoms with E-state index >= 15 is 0 Å². The van der Waals surface area contributed by atoms with Crippen LogP contribution in [-0.2, 0) is 6.42 Å². The lowest BCUT2D eigenvalue weighted by Gasteiger charge is -2.14. The van der Waals surface area contributed by atoms with Crippen molar-refractivity contribution in [1.29, 1.82) is 0 Å². The van der Waals surface area contributed by atoms with Crippen molar-refractivity contribution in [1.82, 2.24) is 9.97 Å². The molecule has 0 spiro atoms. The lowest BCUT2D eigenvalue weighted by molar-refractivity contribution is 0.103. The van der Waals surface area contributed by atoms with Crippen molar-refractivity contribution in [3.63, 3.8) is 0 Å². The van der Waals surface area contributed by atoms with E-state index < -0.39 is 0 Å². The minimum atomic E-state index is 0.0804. The van der Waals surface area contributed by atoms with E-state index in [-0.39, 0.29) is 5.78 Å². The third-order valence-corrected chi connectivity index (χ3v) is 3.53. The first-order chi connectivity index (χ1) is 8.84. The van der Waals surface area contributed by atoms with Crippen LogP contribution < -0.4 is 0 Å². The number of hydrogen-bond donors (Lipinski definition) is 1. The molecule has 1 aliphatic rings. The molecular formula is C15H10N2O. The number of aromatic amines is 1. The van der Waals surface area contributed by atoms with E-state index in [2.05, 4.69) is 9.97 Å². The first-order valence-corrected chi connectivity index (χ1v) is 5.92. The minimum Gasteiger partial charge on any atom is -0.357 e. The Labute approximate surface area is 103 Å². The van der Waals surface area contributed by atoms with Gasteiger partial charge in [-0.1, -0.05) is 18.2 Å². The quantitative estimate of drug-likeness (QED) is 0.508. The lowest BCUT2D eigenvalue weighted by Crippen LogP contribution is -2.14. The molecule has 0 unspecified atom stereocenters. The highest BCUT2D eigenvalue weighted by molar-refractivity contribution is 6.19. The zero-order valence-corrected chi connectivity index (χ0v) is 9.60. The molecule has 2 aromatic heterocycles. The molecule has 1 aliphatic carbocycles. The summed E-state index contributed by atoms with van der Waals surface area (Å²) in [5.41, 5.74) is 4.63. The predicted molar refractivity (Wildman–Crippen MR) is 68.8 cm³/mol. The highest BCUT2D eigenvalue weighted by Crippen LogP contribution is 2.31. The van der Waals surface area contributed by atoms with Crippen molar-refractivity contribution >= 4 is 16.7 Å². The summed E-state index contributed by atoms with van der Waals surface area (Å²) in [6.07, 6.45) is 4.18. The van der Waals surface area contributed by atoms with Crippen molar-refractivity contribution in [2.24, 2.45) is 0 Å². The zero-order chi connectivity index (χ0) is 12.1. The van der Waals surface area contributed by atoms with Crippen LogP contribution in [0.5, 0.6) is 0 Å². The third-order valence-electron chi connectivity index (χ3n) is 3.53. The largest absolute Gasteiger partial charge is 0.357 e. The Bertz CT molecular complexity index is 786. The number of H-pyrrole nitrogens is 1. The number of nitrogens with one attached hydrogen (secondary N) is 1. The van der Waals surface area contributed by atoms with Crippen LogP contribution in [0.15, 0.2) is 42.7 Å². The fraction of sp³-hybridized carbons (Fsp3) is 0.0667. The maximum atomic E-state index is 12.5. The summed E-state index contributed by atoms with van der Waals surface area (Å²) >= 11 is 0. The van der Waals surface area contributed by atoms with Crippen LogP contribution >= 0.6 is 0 Å². The smallest absolute Gasteiger partial charge is 0.197 e. The van der Waals surface area contributed by atoms with Gasteiger partial charge in [-0.25, -0.2) is 0 Å². The highest BCUT2D eigenvalue weighted by Gasteiger charge is 2.26. The summed E-state index contributed by atoms with van der Waals surface area (Å²) < 4.78 is 0. The number of para-hydroxylation sites is 1. The number of carbonyl (C=O) groups excluding carboxylic acids is 1. The third kappa shape index (κ3) is 1.13. The number of fused-ring (bicyclic) bond motifs is 4. The van der Waals surface area contributed by atoms with Gasteiger partial charge < -0.3 is 4.98 Å². The van der Waals surface area contributed by atoms with E-state index in [1.165, 1.54) is 0 Å². The fourth-order valence-corrected chi connectivity index (χ4v) is 2.70. The van der Waals surface area contributed by atoms with Gasteiger partial charge in [0.05, 0.1) is 5.56 Å². The normalized spacial score (nSPS) is 13.4. The minimum absolute atomic E-state index is 0.0804. The molecule has 0 bridgehead atoms. The van der Waals surface area contributed by atoms with Crippen LogP contribution in [0.1, 0.15) is 27.2 Å². The van der Waals surface area contributed by atoms with Crippen molar-refractivity contribution < 1.29 is 4.79 Å². The average Bonchev–Trinajstić information content (AvgIpc) is 2.77. The van der Waals surface area contributed by atoms with Crippen LogP contribution in [-0.4, -0.2) is 15.8 Å². The molecule has 2 heterocycles. The van der Waals surface area contributed by atoms with Crippen LogP contribution in [0.2, 0.25) is 0 Å². The van der Waals surface area contributed by atoms with Gasteiger partial charge in [0.1, 0.15) is 0 Å². The van der Waals surface area contributed by atoms with E-state index in [4.69, 9.17) is 0 Å². The molecule has 0 aliphatic heterocycles. The Hall–Kier alpha value is -2.42. The van der Waals surface area contributed by atoms with Gasteiger partial charge >= 0.3 is 0 Å². The fourth-order valence-electron chi connectivity index (χ4n) is 2.70. The van der Waals surface area contributed by atoms with Crippen LogP contribution in [0.3, 0.4) is 0 Å². The van der Waals surface area contributed by atoms with Gasteiger partial charge in [-0.2, -0.15) is 0 Å². The SMILES string of the molecule is O=C1c2cnccc2Cc2[nH]c3ccccc3c21. The number of aromatic nitrogens is 2. The van der Waals surface area contributed by atoms with Gasteiger partial charge in [-0.15, -0.1) is 0 Å². The van der Waals surface area contributed by atoms with E-state index in [0.717, 1.165) is 39.7 Å². The lowest BCUT2D eigenvalue weighted by atomic mass is 9.89. The van der Waals surface area contributed by atoms with Gasteiger partial charge in [0, 0.05) is 41.0 Å². The average molecular weight is 234 g/mol. The highest BCUT2D eigenvalue weighted by atomic mass is 16.1. The standard InChI is InChI=1S/C15H10N2O/c18-15-11-8-16-6-5-9(11)7-13-14(15)10-3-1-2-4-12(10)17-13/h1-6,8,17H,7H2. The van der Waals surface area contributed by atoms with E-state index in [1.54, 1.807) is 12.4 Å². The molecule has 1 N–H and O–H groups in total. The Morgan fingerprint density at radius 3 is 3.00 bits per heavy atom. The first-order valence-electron chi connectivity index (χ1n) is 5.92. The zero-order valence-electron chi connectivity index (χ0n) is 9.60. The Kier molecular flexibility index (Phi) is 1.75.